The lowest BCUT2D eigenvalue weighted by Crippen LogP contribution is -2.00. The van der Waals surface area contributed by atoms with Crippen LogP contribution in [0, 0.1) is 0 Å². The number of para-hydroxylation sites is 1. The third-order valence-electron chi connectivity index (χ3n) is 3.22. The number of fused-ring (bicyclic) bond motifs is 1. The van der Waals surface area contributed by atoms with Crippen LogP contribution in [0.4, 0.5) is 5.69 Å². The molecule has 94 valence electrons. The molecule has 3 aromatic rings. The molecular weight excluding hydrogens is 254 g/mol. The van der Waals surface area contributed by atoms with Crippen LogP contribution in [-0.4, -0.2) is 0 Å². The van der Waals surface area contributed by atoms with Crippen molar-refractivity contribution in [2.24, 2.45) is 0 Å². The maximum absolute atomic E-state index is 6.15. The van der Waals surface area contributed by atoms with Gasteiger partial charge in [-0.25, -0.2) is 0 Å². The Morgan fingerprint density at radius 3 is 2.42 bits per heavy atom. The standard InChI is InChI=1S/C17H14ClN/c18-16-10-3-4-11-17(16)19-12-14-8-5-7-13-6-1-2-9-15(13)14/h1-11,19H,12H2. The van der Waals surface area contributed by atoms with Crippen LogP contribution in [0.2, 0.25) is 5.02 Å². The SMILES string of the molecule is Clc1ccccc1NCc1cccc2ccccc12. The molecule has 0 saturated heterocycles. The highest BCUT2D eigenvalue weighted by molar-refractivity contribution is 6.33. The number of nitrogens with one attached hydrogen (secondary N) is 1. The molecule has 0 aromatic heterocycles. The van der Waals surface area contributed by atoms with Gasteiger partial charge >= 0.3 is 0 Å². The topological polar surface area (TPSA) is 12.0 Å². The molecule has 19 heavy (non-hydrogen) atoms. The van der Waals surface area contributed by atoms with E-state index >= 15 is 0 Å². The summed E-state index contributed by atoms with van der Waals surface area (Å²) < 4.78 is 0. The van der Waals surface area contributed by atoms with Gasteiger partial charge in [0.05, 0.1) is 10.7 Å². The molecule has 0 heterocycles. The van der Waals surface area contributed by atoms with E-state index in [0.29, 0.717) is 0 Å². The normalized spacial score (nSPS) is 10.6. The third-order valence-corrected chi connectivity index (χ3v) is 3.55. The maximum atomic E-state index is 6.15. The Hall–Kier alpha value is -1.99. The summed E-state index contributed by atoms with van der Waals surface area (Å²) in [6.07, 6.45) is 0. The minimum absolute atomic E-state index is 0.753. The van der Waals surface area contributed by atoms with Gasteiger partial charge in [-0.2, -0.15) is 0 Å². The van der Waals surface area contributed by atoms with Crippen molar-refractivity contribution in [1.82, 2.24) is 0 Å². The number of halogens is 1. The summed E-state index contributed by atoms with van der Waals surface area (Å²) in [6.45, 7) is 0.769. The van der Waals surface area contributed by atoms with Gasteiger partial charge in [-0.3, -0.25) is 0 Å². The van der Waals surface area contributed by atoms with Gasteiger partial charge in [0.2, 0.25) is 0 Å². The van der Waals surface area contributed by atoms with E-state index in [9.17, 15) is 0 Å². The minimum Gasteiger partial charge on any atom is -0.380 e. The molecule has 0 atom stereocenters. The molecule has 0 saturated carbocycles. The van der Waals surface area contributed by atoms with E-state index in [-0.39, 0.29) is 0 Å². The van der Waals surface area contributed by atoms with Gasteiger partial charge in [0, 0.05) is 6.54 Å². The minimum atomic E-state index is 0.753. The summed E-state index contributed by atoms with van der Waals surface area (Å²) in [5.74, 6) is 0. The molecule has 2 heteroatoms. The van der Waals surface area contributed by atoms with Crippen molar-refractivity contribution in [2.75, 3.05) is 5.32 Å². The Labute approximate surface area is 117 Å². The lowest BCUT2D eigenvalue weighted by molar-refractivity contribution is 1.17. The molecule has 0 aliphatic heterocycles. The average molecular weight is 268 g/mol. The summed E-state index contributed by atoms with van der Waals surface area (Å²) in [6, 6.07) is 22.6. The van der Waals surface area contributed by atoms with Crippen LogP contribution in [0.3, 0.4) is 0 Å². The second-order valence-electron chi connectivity index (χ2n) is 4.47. The number of benzene rings is 3. The molecule has 0 amide bonds. The second kappa shape index (κ2) is 5.33. The molecule has 0 unspecified atom stereocenters. The molecule has 1 nitrogen and oxygen atoms in total. The van der Waals surface area contributed by atoms with Gasteiger partial charge < -0.3 is 5.32 Å². The Kier molecular flexibility index (Phi) is 3.39. The van der Waals surface area contributed by atoms with Crippen molar-refractivity contribution in [2.45, 2.75) is 6.54 Å². The van der Waals surface area contributed by atoms with Crippen molar-refractivity contribution in [3.63, 3.8) is 0 Å². The fraction of sp³-hybridized carbons (Fsp3) is 0.0588. The first kappa shape index (κ1) is 12.1. The smallest absolute Gasteiger partial charge is 0.0637 e. The molecule has 3 aromatic carbocycles. The molecule has 0 fully saturated rings. The van der Waals surface area contributed by atoms with Crippen molar-refractivity contribution in [1.29, 1.82) is 0 Å². The molecule has 0 aliphatic carbocycles. The van der Waals surface area contributed by atoms with Crippen LogP contribution >= 0.6 is 11.6 Å². The van der Waals surface area contributed by atoms with Crippen molar-refractivity contribution in [3.05, 3.63) is 77.3 Å². The largest absolute Gasteiger partial charge is 0.380 e. The van der Waals surface area contributed by atoms with Gasteiger partial charge in [-0.05, 0) is 28.5 Å². The fourth-order valence-electron chi connectivity index (χ4n) is 2.24. The van der Waals surface area contributed by atoms with Crippen LogP contribution in [0.5, 0.6) is 0 Å². The van der Waals surface area contributed by atoms with Gasteiger partial charge in [0.15, 0.2) is 0 Å². The number of anilines is 1. The summed E-state index contributed by atoms with van der Waals surface area (Å²) in [5, 5.41) is 6.69. The van der Waals surface area contributed by atoms with E-state index in [1.807, 2.05) is 24.3 Å². The van der Waals surface area contributed by atoms with Crippen molar-refractivity contribution < 1.29 is 0 Å². The fourth-order valence-corrected chi connectivity index (χ4v) is 2.44. The van der Waals surface area contributed by atoms with Gasteiger partial charge in [0.25, 0.3) is 0 Å². The first-order valence-electron chi connectivity index (χ1n) is 6.29. The van der Waals surface area contributed by atoms with Crippen LogP contribution < -0.4 is 5.32 Å². The Morgan fingerprint density at radius 2 is 1.53 bits per heavy atom. The van der Waals surface area contributed by atoms with Crippen molar-refractivity contribution >= 4 is 28.1 Å². The zero-order valence-electron chi connectivity index (χ0n) is 10.4. The molecule has 0 radical (unpaired) electrons. The molecule has 0 aliphatic rings. The lowest BCUT2D eigenvalue weighted by Gasteiger charge is -2.10. The molecule has 0 bridgehead atoms. The molecule has 3 rings (SSSR count). The summed E-state index contributed by atoms with van der Waals surface area (Å²) in [4.78, 5) is 0. The first-order valence-corrected chi connectivity index (χ1v) is 6.67. The lowest BCUT2D eigenvalue weighted by atomic mass is 10.0. The number of hydrogen-bond donors (Lipinski definition) is 1. The molecule has 0 spiro atoms. The quantitative estimate of drug-likeness (QED) is 0.696. The van der Waals surface area contributed by atoms with E-state index in [4.69, 9.17) is 11.6 Å². The van der Waals surface area contributed by atoms with E-state index in [1.165, 1.54) is 16.3 Å². The zero-order chi connectivity index (χ0) is 13.1. The van der Waals surface area contributed by atoms with E-state index in [0.717, 1.165) is 17.3 Å². The summed E-state index contributed by atoms with van der Waals surface area (Å²) >= 11 is 6.15. The summed E-state index contributed by atoms with van der Waals surface area (Å²) in [7, 11) is 0. The Bertz CT molecular complexity index is 701. The number of hydrogen-bond acceptors (Lipinski definition) is 1. The highest BCUT2D eigenvalue weighted by atomic mass is 35.5. The van der Waals surface area contributed by atoms with Crippen LogP contribution in [0.1, 0.15) is 5.56 Å². The maximum Gasteiger partial charge on any atom is 0.0637 e. The average Bonchev–Trinajstić information content (AvgIpc) is 2.46. The van der Waals surface area contributed by atoms with Gasteiger partial charge in [-0.15, -0.1) is 0 Å². The Balaban J connectivity index is 1.88. The zero-order valence-corrected chi connectivity index (χ0v) is 11.2. The highest BCUT2D eigenvalue weighted by Crippen LogP contribution is 2.23. The second-order valence-corrected chi connectivity index (χ2v) is 4.88. The first-order chi connectivity index (χ1) is 9.34. The highest BCUT2D eigenvalue weighted by Gasteiger charge is 2.02. The van der Waals surface area contributed by atoms with E-state index < -0.39 is 0 Å². The number of rotatable bonds is 3. The van der Waals surface area contributed by atoms with Crippen LogP contribution in [-0.2, 0) is 6.54 Å². The molecular formula is C17H14ClN. The van der Waals surface area contributed by atoms with E-state index in [2.05, 4.69) is 47.8 Å². The van der Waals surface area contributed by atoms with Gasteiger partial charge in [-0.1, -0.05) is 66.2 Å². The predicted molar refractivity (Wildman–Crippen MR) is 82.7 cm³/mol. The Morgan fingerprint density at radius 1 is 0.789 bits per heavy atom. The van der Waals surface area contributed by atoms with Crippen LogP contribution in [0.15, 0.2) is 66.7 Å². The van der Waals surface area contributed by atoms with Crippen LogP contribution in [0.25, 0.3) is 10.8 Å². The van der Waals surface area contributed by atoms with Crippen molar-refractivity contribution in [3.8, 4) is 0 Å². The van der Waals surface area contributed by atoms with Gasteiger partial charge in [0.1, 0.15) is 0 Å². The predicted octanol–water partition coefficient (Wildman–Crippen LogP) is 5.11. The molecule has 1 N–H and O–H groups in total. The summed E-state index contributed by atoms with van der Waals surface area (Å²) in [5.41, 5.74) is 2.25. The van der Waals surface area contributed by atoms with E-state index in [1.54, 1.807) is 0 Å². The monoisotopic (exact) mass is 267 g/mol. The third kappa shape index (κ3) is 2.56.